The highest BCUT2D eigenvalue weighted by molar-refractivity contribution is 5.65. The van der Waals surface area contributed by atoms with Gasteiger partial charge in [-0.1, -0.05) is 31.2 Å². The van der Waals surface area contributed by atoms with Crippen LogP contribution in [-0.4, -0.2) is 0 Å². The molecule has 0 radical (unpaired) electrons. The molecule has 2 heteroatoms. The highest BCUT2D eigenvalue weighted by Gasteiger charge is 2.13. The first-order chi connectivity index (χ1) is 6.56. The summed E-state index contributed by atoms with van der Waals surface area (Å²) >= 11 is 0. The molecule has 0 aliphatic rings. The standard InChI is InChI=1S/C12H14F2/c1-4-9-5-6-10(8(2)3)11(7-9)12(13)14/h5-7,12H,2,4H2,1,3H3. The molecule has 0 bridgehead atoms. The van der Waals surface area contributed by atoms with Crippen LogP contribution in [0.15, 0.2) is 24.8 Å². The number of alkyl halides is 2. The van der Waals surface area contributed by atoms with Gasteiger partial charge in [-0.15, -0.1) is 0 Å². The van der Waals surface area contributed by atoms with E-state index in [0.717, 1.165) is 12.0 Å². The summed E-state index contributed by atoms with van der Waals surface area (Å²) in [6.45, 7) is 7.38. The molecule has 0 saturated heterocycles. The Bertz CT molecular complexity index is 340. The van der Waals surface area contributed by atoms with E-state index < -0.39 is 6.43 Å². The molecule has 1 rings (SSSR count). The van der Waals surface area contributed by atoms with E-state index >= 15 is 0 Å². The molecule has 0 spiro atoms. The Kier molecular flexibility index (Phi) is 3.39. The van der Waals surface area contributed by atoms with Gasteiger partial charge in [0.25, 0.3) is 6.43 Å². The Labute approximate surface area is 83.3 Å². The lowest BCUT2D eigenvalue weighted by molar-refractivity contribution is 0.151. The van der Waals surface area contributed by atoms with Crippen molar-refractivity contribution in [2.45, 2.75) is 26.7 Å². The summed E-state index contributed by atoms with van der Waals surface area (Å²) in [5.74, 6) is 0. The smallest absolute Gasteiger partial charge is 0.205 e. The second-order valence-electron chi connectivity index (χ2n) is 3.36. The monoisotopic (exact) mass is 196 g/mol. The summed E-state index contributed by atoms with van der Waals surface area (Å²) in [6, 6.07) is 5.16. The topological polar surface area (TPSA) is 0 Å². The van der Waals surface area contributed by atoms with Gasteiger partial charge in [0.1, 0.15) is 0 Å². The van der Waals surface area contributed by atoms with Crippen LogP contribution in [0, 0.1) is 0 Å². The molecule has 0 unspecified atom stereocenters. The van der Waals surface area contributed by atoms with E-state index in [9.17, 15) is 8.78 Å². The van der Waals surface area contributed by atoms with E-state index in [1.165, 1.54) is 0 Å². The number of aryl methyl sites for hydroxylation is 1. The Morgan fingerprint density at radius 1 is 1.43 bits per heavy atom. The first kappa shape index (κ1) is 10.9. The molecular weight excluding hydrogens is 182 g/mol. The maximum atomic E-state index is 12.7. The van der Waals surface area contributed by atoms with Gasteiger partial charge in [0, 0.05) is 5.56 Å². The zero-order valence-electron chi connectivity index (χ0n) is 8.48. The lowest BCUT2D eigenvalue weighted by Crippen LogP contribution is -1.94. The number of halogens is 2. The maximum absolute atomic E-state index is 12.7. The molecule has 0 atom stereocenters. The van der Waals surface area contributed by atoms with Crippen molar-refractivity contribution in [2.24, 2.45) is 0 Å². The summed E-state index contributed by atoms with van der Waals surface area (Å²) in [5.41, 5.74) is 2.28. The van der Waals surface area contributed by atoms with Gasteiger partial charge in [-0.25, -0.2) is 8.78 Å². The fraction of sp³-hybridized carbons (Fsp3) is 0.333. The van der Waals surface area contributed by atoms with E-state index in [2.05, 4.69) is 6.58 Å². The molecule has 1 aromatic carbocycles. The van der Waals surface area contributed by atoms with Gasteiger partial charge in [0.15, 0.2) is 0 Å². The molecule has 0 fully saturated rings. The average molecular weight is 196 g/mol. The first-order valence-corrected chi connectivity index (χ1v) is 4.63. The molecule has 0 aliphatic carbocycles. The number of rotatable bonds is 3. The normalized spacial score (nSPS) is 10.6. The molecule has 76 valence electrons. The van der Waals surface area contributed by atoms with Gasteiger partial charge in [0.05, 0.1) is 0 Å². The third-order valence-corrected chi connectivity index (χ3v) is 2.22. The van der Waals surface area contributed by atoms with Crippen molar-refractivity contribution in [3.8, 4) is 0 Å². The molecule has 0 saturated carbocycles. The summed E-state index contributed by atoms with van der Waals surface area (Å²) < 4.78 is 25.3. The van der Waals surface area contributed by atoms with Crippen LogP contribution >= 0.6 is 0 Å². The second kappa shape index (κ2) is 4.36. The highest BCUT2D eigenvalue weighted by atomic mass is 19.3. The van der Waals surface area contributed by atoms with Crippen LogP contribution in [0.2, 0.25) is 0 Å². The number of allylic oxidation sites excluding steroid dienone is 1. The molecule has 0 nitrogen and oxygen atoms in total. The summed E-state index contributed by atoms with van der Waals surface area (Å²) in [4.78, 5) is 0. The Morgan fingerprint density at radius 3 is 2.50 bits per heavy atom. The van der Waals surface area contributed by atoms with Crippen molar-refractivity contribution >= 4 is 5.57 Å². The van der Waals surface area contributed by atoms with Crippen molar-refractivity contribution in [1.29, 1.82) is 0 Å². The average Bonchev–Trinajstić information content (AvgIpc) is 2.16. The van der Waals surface area contributed by atoms with Gasteiger partial charge >= 0.3 is 0 Å². The number of hydrogen-bond donors (Lipinski definition) is 0. The maximum Gasteiger partial charge on any atom is 0.264 e. The van der Waals surface area contributed by atoms with Crippen LogP contribution < -0.4 is 0 Å². The predicted molar refractivity (Wildman–Crippen MR) is 55.5 cm³/mol. The van der Waals surface area contributed by atoms with Crippen molar-refractivity contribution in [3.05, 3.63) is 41.5 Å². The second-order valence-corrected chi connectivity index (χ2v) is 3.36. The quantitative estimate of drug-likeness (QED) is 0.679. The fourth-order valence-electron chi connectivity index (χ4n) is 1.40. The van der Waals surface area contributed by atoms with Crippen LogP contribution in [0.5, 0.6) is 0 Å². The van der Waals surface area contributed by atoms with E-state index in [1.54, 1.807) is 19.1 Å². The minimum absolute atomic E-state index is 0.0943. The van der Waals surface area contributed by atoms with Crippen LogP contribution in [0.4, 0.5) is 8.78 Å². The SMILES string of the molecule is C=C(C)c1ccc(CC)cc1C(F)F. The minimum Gasteiger partial charge on any atom is -0.205 e. The molecular formula is C12H14F2. The predicted octanol–water partition coefficient (Wildman–Crippen LogP) is 4.22. The van der Waals surface area contributed by atoms with Crippen LogP contribution in [-0.2, 0) is 6.42 Å². The minimum atomic E-state index is -2.42. The zero-order valence-corrected chi connectivity index (χ0v) is 8.48. The van der Waals surface area contributed by atoms with Gasteiger partial charge in [-0.3, -0.25) is 0 Å². The van der Waals surface area contributed by atoms with E-state index in [4.69, 9.17) is 0 Å². The Hall–Kier alpha value is -1.18. The highest BCUT2D eigenvalue weighted by Crippen LogP contribution is 2.28. The van der Waals surface area contributed by atoms with Crippen LogP contribution in [0.3, 0.4) is 0 Å². The van der Waals surface area contributed by atoms with Crippen molar-refractivity contribution in [1.82, 2.24) is 0 Å². The lowest BCUT2D eigenvalue weighted by Gasteiger charge is -2.10. The van der Waals surface area contributed by atoms with E-state index in [0.29, 0.717) is 11.1 Å². The zero-order chi connectivity index (χ0) is 10.7. The molecule has 0 amide bonds. The number of benzene rings is 1. The summed E-state index contributed by atoms with van der Waals surface area (Å²) in [5, 5.41) is 0. The van der Waals surface area contributed by atoms with Crippen molar-refractivity contribution < 1.29 is 8.78 Å². The van der Waals surface area contributed by atoms with Crippen LogP contribution in [0.1, 0.15) is 37.0 Å². The number of hydrogen-bond acceptors (Lipinski definition) is 0. The third-order valence-electron chi connectivity index (χ3n) is 2.22. The third kappa shape index (κ3) is 2.19. The molecule has 1 aromatic rings. The van der Waals surface area contributed by atoms with E-state index in [1.807, 2.05) is 13.0 Å². The molecule has 0 aromatic heterocycles. The van der Waals surface area contributed by atoms with Crippen LogP contribution in [0.25, 0.3) is 5.57 Å². The van der Waals surface area contributed by atoms with E-state index in [-0.39, 0.29) is 5.56 Å². The summed E-state index contributed by atoms with van der Waals surface area (Å²) in [7, 11) is 0. The largest absolute Gasteiger partial charge is 0.264 e. The lowest BCUT2D eigenvalue weighted by atomic mass is 9.99. The van der Waals surface area contributed by atoms with Gasteiger partial charge in [0.2, 0.25) is 0 Å². The first-order valence-electron chi connectivity index (χ1n) is 4.63. The van der Waals surface area contributed by atoms with Gasteiger partial charge in [-0.05, 0) is 30.5 Å². The van der Waals surface area contributed by atoms with Gasteiger partial charge in [-0.2, -0.15) is 0 Å². The Morgan fingerprint density at radius 2 is 2.07 bits per heavy atom. The van der Waals surface area contributed by atoms with Gasteiger partial charge < -0.3 is 0 Å². The molecule has 14 heavy (non-hydrogen) atoms. The van der Waals surface area contributed by atoms with Crippen molar-refractivity contribution in [3.63, 3.8) is 0 Å². The molecule has 0 N–H and O–H groups in total. The molecule has 0 heterocycles. The summed E-state index contributed by atoms with van der Waals surface area (Å²) in [6.07, 6.45) is -1.65. The molecule has 0 aliphatic heterocycles. The Balaban J connectivity index is 3.24. The van der Waals surface area contributed by atoms with Crippen molar-refractivity contribution in [2.75, 3.05) is 0 Å². The fourth-order valence-corrected chi connectivity index (χ4v) is 1.40.